The second kappa shape index (κ2) is 11.4. The van der Waals surface area contributed by atoms with E-state index in [0.717, 1.165) is 43.3 Å². The van der Waals surface area contributed by atoms with Crippen LogP contribution in [0.5, 0.6) is 0 Å². The number of carbonyl (C=O) groups is 2. The molecule has 1 amide bonds. The van der Waals surface area contributed by atoms with Gasteiger partial charge in [0.2, 0.25) is 21.9 Å². The zero-order valence-electron chi connectivity index (χ0n) is 19.5. The molecule has 0 radical (unpaired) electrons. The average Bonchev–Trinajstić information content (AvgIpc) is 2.79. The number of oxime groups is 1. The summed E-state index contributed by atoms with van der Waals surface area (Å²) in [6, 6.07) is 5.98. The largest absolute Gasteiger partial charge is 0.493 e. The number of halogens is 4. The van der Waals surface area contributed by atoms with Gasteiger partial charge in [-0.2, -0.15) is 13.2 Å². The average molecular weight is 566 g/mol. The van der Waals surface area contributed by atoms with E-state index in [1.165, 1.54) is 0 Å². The highest BCUT2D eigenvalue weighted by molar-refractivity contribution is 7.91. The minimum absolute atomic E-state index is 0.112. The van der Waals surface area contributed by atoms with Gasteiger partial charge in [0, 0.05) is 6.42 Å². The summed E-state index contributed by atoms with van der Waals surface area (Å²) in [5.41, 5.74) is 10.7. The Kier molecular flexibility index (Phi) is 8.93. The zero-order valence-corrected chi connectivity index (χ0v) is 20.3. The lowest BCUT2D eigenvalue weighted by molar-refractivity contribution is -0.200. The quantitative estimate of drug-likeness (QED) is 0.0930. The molecule has 38 heavy (non-hydrogen) atoms. The van der Waals surface area contributed by atoms with Gasteiger partial charge in [0.05, 0.1) is 16.9 Å². The Balaban J connectivity index is 2.55. The van der Waals surface area contributed by atoms with Gasteiger partial charge in [-0.1, -0.05) is 12.1 Å². The summed E-state index contributed by atoms with van der Waals surface area (Å²) in [6.45, 7) is 0.657. The van der Waals surface area contributed by atoms with Gasteiger partial charge >= 0.3 is 17.7 Å². The predicted octanol–water partition coefficient (Wildman–Crippen LogP) is -0.215. The maximum Gasteiger partial charge on any atom is 0.493 e. The number of alkyl halides is 3. The molecule has 208 valence electrons. The van der Waals surface area contributed by atoms with E-state index in [1.54, 1.807) is 0 Å². The summed E-state index contributed by atoms with van der Waals surface area (Å²) >= 11 is 0. The number of guanidine groups is 1. The summed E-state index contributed by atoms with van der Waals surface area (Å²) in [7, 11) is -4.39. The molecule has 0 aliphatic rings. The number of aromatic nitrogens is 1. The monoisotopic (exact) mass is 566 g/mol. The van der Waals surface area contributed by atoms with Crippen LogP contribution < -0.4 is 32.3 Å². The van der Waals surface area contributed by atoms with Crippen molar-refractivity contribution in [1.82, 2.24) is 4.73 Å². The Bertz CT molecular complexity index is 1390. The van der Waals surface area contributed by atoms with Gasteiger partial charge in [-0.3, -0.25) is 14.3 Å². The third-order valence-corrected chi connectivity index (χ3v) is 6.20. The van der Waals surface area contributed by atoms with Gasteiger partial charge in [-0.15, -0.1) is 4.73 Å². The van der Waals surface area contributed by atoms with Crippen LogP contribution in [0.15, 0.2) is 46.3 Å². The normalized spacial score (nSPS) is 13.2. The number of nitrogens with zero attached hydrogens (tertiary/aromatic N) is 2. The lowest BCUT2D eigenvalue weighted by Crippen LogP contribution is -2.48. The van der Waals surface area contributed by atoms with Crippen molar-refractivity contribution in [2.75, 3.05) is 11.3 Å². The smallest absolute Gasteiger partial charge is 0.393 e. The number of pyridine rings is 1. The fraction of sp³-hybridized carbons (Fsp3) is 0.300. The van der Waals surface area contributed by atoms with Crippen molar-refractivity contribution in [3.8, 4) is 0 Å². The van der Waals surface area contributed by atoms with Gasteiger partial charge in [-0.25, -0.2) is 17.6 Å². The maximum atomic E-state index is 13.1. The van der Waals surface area contributed by atoms with Crippen LogP contribution in [-0.4, -0.2) is 43.8 Å². The molecule has 0 saturated heterocycles. The number of carbonyl (C=O) groups excluding carboxylic acids is 2. The number of amides is 1. The van der Waals surface area contributed by atoms with Crippen LogP contribution in [0.25, 0.3) is 0 Å². The molecule has 7 N–H and O–H groups in total. The topological polar surface area (TPSA) is 211 Å². The number of rotatable bonds is 11. The number of benzene rings is 1. The SMILES string of the molecule is CC(CCON=C(N)N)(C(N)=O)c1ccc(NS(=O)(=O)Cc2ccc(F)cc2)c(=O)n1OC(=O)C(F)(F)F. The highest BCUT2D eigenvalue weighted by Gasteiger charge is 2.44. The zero-order chi connectivity index (χ0) is 28.9. The highest BCUT2D eigenvalue weighted by atomic mass is 32.2. The molecular weight excluding hydrogens is 544 g/mol. The van der Waals surface area contributed by atoms with Crippen molar-refractivity contribution in [3.63, 3.8) is 0 Å². The summed E-state index contributed by atoms with van der Waals surface area (Å²) in [5, 5.41) is 3.21. The molecule has 2 rings (SSSR count). The lowest BCUT2D eigenvalue weighted by atomic mass is 9.82. The Morgan fingerprint density at radius 3 is 2.21 bits per heavy atom. The number of sulfonamides is 1. The van der Waals surface area contributed by atoms with Gasteiger partial charge in [0.1, 0.15) is 18.1 Å². The summed E-state index contributed by atoms with van der Waals surface area (Å²) in [5.74, 6) is -5.91. The van der Waals surface area contributed by atoms with Crippen molar-refractivity contribution in [1.29, 1.82) is 0 Å². The summed E-state index contributed by atoms with van der Waals surface area (Å²) < 4.78 is 78.7. The van der Waals surface area contributed by atoms with Crippen LogP contribution in [-0.2, 0) is 35.6 Å². The van der Waals surface area contributed by atoms with E-state index in [0.29, 0.717) is 0 Å². The molecule has 0 spiro atoms. The second-order valence-corrected chi connectivity index (χ2v) is 9.61. The van der Waals surface area contributed by atoms with E-state index in [1.807, 2.05) is 4.72 Å². The van der Waals surface area contributed by atoms with Crippen LogP contribution in [0.3, 0.4) is 0 Å². The number of hydrogen-bond donors (Lipinski definition) is 4. The fourth-order valence-corrected chi connectivity index (χ4v) is 4.18. The van der Waals surface area contributed by atoms with Gasteiger partial charge in [-0.05, 0) is 41.9 Å². The molecule has 1 heterocycles. The van der Waals surface area contributed by atoms with E-state index >= 15 is 0 Å². The predicted molar refractivity (Wildman–Crippen MR) is 124 cm³/mol. The third kappa shape index (κ3) is 7.58. The minimum Gasteiger partial charge on any atom is -0.393 e. The molecule has 13 nitrogen and oxygen atoms in total. The molecule has 1 atom stereocenters. The van der Waals surface area contributed by atoms with Crippen LogP contribution in [0.2, 0.25) is 0 Å². The maximum absolute atomic E-state index is 13.1. The van der Waals surface area contributed by atoms with E-state index in [-0.39, 0.29) is 10.3 Å². The van der Waals surface area contributed by atoms with E-state index in [9.17, 15) is 40.4 Å². The fourth-order valence-electron chi connectivity index (χ4n) is 2.98. The molecule has 0 bridgehead atoms. The third-order valence-electron chi connectivity index (χ3n) is 4.96. The summed E-state index contributed by atoms with van der Waals surface area (Å²) in [4.78, 5) is 45.9. The van der Waals surface area contributed by atoms with Crippen molar-refractivity contribution >= 4 is 33.5 Å². The molecule has 0 saturated carbocycles. The number of anilines is 1. The van der Waals surface area contributed by atoms with Crippen LogP contribution in [0, 0.1) is 5.82 Å². The first-order chi connectivity index (χ1) is 17.5. The molecular formula is C20H22F4N6O7S. The molecule has 0 aliphatic heterocycles. The molecule has 2 aromatic rings. The molecule has 1 aromatic heterocycles. The first-order valence-electron chi connectivity index (χ1n) is 10.3. The Morgan fingerprint density at radius 1 is 1.08 bits per heavy atom. The highest BCUT2D eigenvalue weighted by Crippen LogP contribution is 2.28. The van der Waals surface area contributed by atoms with E-state index < -0.39 is 81.0 Å². The Morgan fingerprint density at radius 2 is 1.68 bits per heavy atom. The number of nitrogens with one attached hydrogen (secondary N) is 1. The second-order valence-electron chi connectivity index (χ2n) is 7.89. The molecule has 1 unspecified atom stereocenters. The van der Waals surface area contributed by atoms with Crippen molar-refractivity contribution in [3.05, 3.63) is 63.8 Å². The Hall–Kier alpha value is -4.35. The van der Waals surface area contributed by atoms with E-state index in [2.05, 4.69) is 9.99 Å². The van der Waals surface area contributed by atoms with Crippen LogP contribution in [0.4, 0.5) is 23.2 Å². The van der Waals surface area contributed by atoms with Gasteiger partial charge < -0.3 is 26.9 Å². The molecule has 1 aromatic carbocycles. The number of nitrogens with two attached hydrogens (primary N) is 3. The first kappa shape index (κ1) is 29.9. The van der Waals surface area contributed by atoms with Gasteiger partial charge in [0.25, 0.3) is 0 Å². The number of primary amides is 1. The Labute approximate surface area is 212 Å². The molecule has 0 aliphatic carbocycles. The standard InChI is InChI=1S/C20H22F4N6O7S/c1-19(16(25)32,8-9-36-28-18(26)27)14-7-6-13(15(31)30(14)37-17(33)20(22,23)24)29-38(34,35)10-11-2-4-12(21)5-3-11/h2-7,29H,8-10H2,1H3,(H2,25,32)(H4,26,27,28). The lowest BCUT2D eigenvalue weighted by Gasteiger charge is -2.28. The molecule has 0 fully saturated rings. The number of hydrogen-bond acceptors (Lipinski definition) is 8. The van der Waals surface area contributed by atoms with Crippen molar-refractivity contribution in [2.24, 2.45) is 22.4 Å². The molecule has 18 heteroatoms. The van der Waals surface area contributed by atoms with Crippen LogP contribution >= 0.6 is 0 Å². The van der Waals surface area contributed by atoms with Crippen molar-refractivity contribution in [2.45, 2.75) is 30.7 Å². The summed E-state index contributed by atoms with van der Waals surface area (Å²) in [6.07, 6.45) is -6.01. The van der Waals surface area contributed by atoms with Crippen LogP contribution in [0.1, 0.15) is 24.6 Å². The van der Waals surface area contributed by atoms with Crippen molar-refractivity contribution < 1.29 is 45.2 Å². The van der Waals surface area contributed by atoms with E-state index in [4.69, 9.17) is 22.0 Å². The first-order valence-corrected chi connectivity index (χ1v) is 11.9. The van der Waals surface area contributed by atoms with Gasteiger partial charge in [0.15, 0.2) is 0 Å². The minimum atomic E-state index is -5.57.